The Balaban J connectivity index is 2.19. The molecular formula is C15H31N3O. The first kappa shape index (κ1) is 15.2. The molecule has 2 atom stereocenters. The predicted molar refractivity (Wildman–Crippen MR) is 79.3 cm³/mol. The van der Waals surface area contributed by atoms with Crippen LogP contribution in [0.3, 0.4) is 0 Å². The van der Waals surface area contributed by atoms with Crippen molar-refractivity contribution in [3.63, 3.8) is 0 Å². The highest BCUT2D eigenvalue weighted by Crippen LogP contribution is 2.39. The van der Waals surface area contributed by atoms with Crippen molar-refractivity contribution in [3.05, 3.63) is 0 Å². The van der Waals surface area contributed by atoms with E-state index in [0.717, 1.165) is 19.7 Å². The van der Waals surface area contributed by atoms with E-state index in [4.69, 9.17) is 10.5 Å². The number of hydrogen-bond donors (Lipinski definition) is 1. The fraction of sp³-hybridized carbons (Fsp3) is 1.00. The minimum Gasteiger partial charge on any atom is -0.383 e. The SMILES string of the molecule is COCCN(C(C)C)C1(CN)CCN2CCCCC21. The van der Waals surface area contributed by atoms with Crippen molar-refractivity contribution >= 4 is 0 Å². The van der Waals surface area contributed by atoms with Gasteiger partial charge in [-0.25, -0.2) is 0 Å². The summed E-state index contributed by atoms with van der Waals surface area (Å²) >= 11 is 0. The van der Waals surface area contributed by atoms with Crippen LogP contribution in [0.2, 0.25) is 0 Å². The standard InChI is InChI=1S/C15H31N3O/c1-13(2)18(10-11-19-3)15(12-16)7-9-17-8-5-4-6-14(15)17/h13-14H,4-12,16H2,1-3H3. The van der Waals surface area contributed by atoms with Crippen molar-refractivity contribution < 1.29 is 4.74 Å². The summed E-state index contributed by atoms with van der Waals surface area (Å²) in [7, 11) is 1.79. The zero-order valence-corrected chi connectivity index (χ0v) is 12.9. The largest absolute Gasteiger partial charge is 0.383 e. The maximum Gasteiger partial charge on any atom is 0.0590 e. The molecule has 2 aliphatic rings. The topological polar surface area (TPSA) is 41.7 Å². The first-order valence-corrected chi connectivity index (χ1v) is 7.85. The van der Waals surface area contributed by atoms with Crippen LogP contribution in [0.25, 0.3) is 0 Å². The molecule has 2 aliphatic heterocycles. The fourth-order valence-corrected chi connectivity index (χ4v) is 4.25. The third kappa shape index (κ3) is 2.82. The average Bonchev–Trinajstić information content (AvgIpc) is 2.79. The monoisotopic (exact) mass is 269 g/mol. The van der Waals surface area contributed by atoms with Gasteiger partial charge in [-0.2, -0.15) is 0 Å². The van der Waals surface area contributed by atoms with Gasteiger partial charge in [0, 0.05) is 38.8 Å². The second-order valence-corrected chi connectivity index (χ2v) is 6.39. The summed E-state index contributed by atoms with van der Waals surface area (Å²) < 4.78 is 5.31. The lowest BCUT2D eigenvalue weighted by atomic mass is 9.83. The lowest BCUT2D eigenvalue weighted by molar-refractivity contribution is 0.0000547. The summed E-state index contributed by atoms with van der Waals surface area (Å²) in [6, 6.07) is 1.19. The van der Waals surface area contributed by atoms with Gasteiger partial charge in [0.2, 0.25) is 0 Å². The fourth-order valence-electron chi connectivity index (χ4n) is 4.25. The summed E-state index contributed by atoms with van der Waals surface area (Å²) in [5, 5.41) is 0. The first-order chi connectivity index (χ1) is 9.15. The van der Waals surface area contributed by atoms with Crippen molar-refractivity contribution in [3.8, 4) is 0 Å². The summed E-state index contributed by atoms with van der Waals surface area (Å²) in [5.74, 6) is 0. The minimum atomic E-state index is 0.174. The van der Waals surface area contributed by atoms with Gasteiger partial charge < -0.3 is 10.5 Å². The quantitative estimate of drug-likeness (QED) is 0.789. The number of hydrogen-bond acceptors (Lipinski definition) is 4. The Morgan fingerprint density at radius 3 is 2.79 bits per heavy atom. The van der Waals surface area contributed by atoms with Crippen molar-refractivity contribution in [2.45, 2.75) is 57.2 Å². The van der Waals surface area contributed by atoms with Gasteiger partial charge in [-0.05, 0) is 39.7 Å². The smallest absolute Gasteiger partial charge is 0.0590 e. The van der Waals surface area contributed by atoms with Gasteiger partial charge in [0.15, 0.2) is 0 Å². The maximum absolute atomic E-state index is 6.28. The molecule has 4 nitrogen and oxygen atoms in total. The normalized spacial score (nSPS) is 32.2. The number of methoxy groups -OCH3 is 1. The third-order valence-corrected chi connectivity index (χ3v) is 5.15. The average molecular weight is 269 g/mol. The molecule has 2 saturated heterocycles. The summed E-state index contributed by atoms with van der Waals surface area (Å²) in [5.41, 5.74) is 6.45. The Morgan fingerprint density at radius 2 is 2.16 bits per heavy atom. The van der Waals surface area contributed by atoms with Crippen LogP contribution in [-0.2, 0) is 4.74 Å². The molecule has 19 heavy (non-hydrogen) atoms. The molecular weight excluding hydrogens is 238 g/mol. The molecule has 4 heteroatoms. The summed E-state index contributed by atoms with van der Waals surface area (Å²) in [6.07, 6.45) is 5.25. The van der Waals surface area contributed by atoms with Gasteiger partial charge in [-0.3, -0.25) is 9.80 Å². The highest BCUT2D eigenvalue weighted by atomic mass is 16.5. The Bertz CT molecular complexity index is 285. The van der Waals surface area contributed by atoms with E-state index in [0.29, 0.717) is 12.1 Å². The maximum atomic E-state index is 6.28. The highest BCUT2D eigenvalue weighted by Gasteiger charge is 2.50. The predicted octanol–water partition coefficient (Wildman–Crippen LogP) is 1.30. The van der Waals surface area contributed by atoms with E-state index >= 15 is 0 Å². The Labute approximate surface area is 118 Å². The number of piperidine rings is 1. The van der Waals surface area contributed by atoms with Crippen molar-refractivity contribution in [2.75, 3.05) is 39.9 Å². The van der Waals surface area contributed by atoms with Crippen LogP contribution in [0, 0.1) is 0 Å². The van der Waals surface area contributed by atoms with Crippen LogP contribution in [0.1, 0.15) is 39.5 Å². The third-order valence-electron chi connectivity index (χ3n) is 5.15. The molecule has 0 aromatic carbocycles. The molecule has 2 rings (SSSR count). The second kappa shape index (κ2) is 6.53. The van der Waals surface area contributed by atoms with Gasteiger partial charge in [0.05, 0.1) is 12.1 Å². The van der Waals surface area contributed by atoms with E-state index < -0.39 is 0 Å². The van der Waals surface area contributed by atoms with Crippen molar-refractivity contribution in [1.82, 2.24) is 9.80 Å². The van der Waals surface area contributed by atoms with E-state index in [2.05, 4.69) is 23.6 Å². The molecule has 0 aliphatic carbocycles. The van der Waals surface area contributed by atoms with E-state index in [-0.39, 0.29) is 5.54 Å². The van der Waals surface area contributed by atoms with Crippen molar-refractivity contribution in [1.29, 1.82) is 0 Å². The number of nitrogens with two attached hydrogens (primary N) is 1. The van der Waals surface area contributed by atoms with Gasteiger partial charge in [0.1, 0.15) is 0 Å². The molecule has 0 spiro atoms. The van der Waals surface area contributed by atoms with E-state index in [1.165, 1.54) is 38.8 Å². The molecule has 2 fully saturated rings. The van der Waals surface area contributed by atoms with Crippen LogP contribution < -0.4 is 5.73 Å². The zero-order chi connectivity index (χ0) is 13.9. The molecule has 0 bridgehead atoms. The molecule has 0 amide bonds. The number of ether oxygens (including phenoxy) is 1. The van der Waals surface area contributed by atoms with Gasteiger partial charge in [-0.1, -0.05) is 6.42 Å². The summed E-state index contributed by atoms with van der Waals surface area (Å²) in [4.78, 5) is 5.30. The van der Waals surface area contributed by atoms with E-state index in [1.54, 1.807) is 7.11 Å². The lowest BCUT2D eigenvalue weighted by Gasteiger charge is -2.49. The van der Waals surface area contributed by atoms with Gasteiger partial charge in [-0.15, -0.1) is 0 Å². The number of rotatable bonds is 6. The minimum absolute atomic E-state index is 0.174. The number of fused-ring (bicyclic) bond motifs is 1. The first-order valence-electron chi connectivity index (χ1n) is 7.85. The Morgan fingerprint density at radius 1 is 1.37 bits per heavy atom. The van der Waals surface area contributed by atoms with Gasteiger partial charge >= 0.3 is 0 Å². The molecule has 0 radical (unpaired) electrons. The zero-order valence-electron chi connectivity index (χ0n) is 12.9. The molecule has 0 aromatic rings. The van der Waals surface area contributed by atoms with E-state index in [1.807, 2.05) is 0 Å². The molecule has 2 heterocycles. The second-order valence-electron chi connectivity index (χ2n) is 6.39. The molecule has 112 valence electrons. The van der Waals surface area contributed by atoms with Gasteiger partial charge in [0.25, 0.3) is 0 Å². The summed E-state index contributed by atoms with van der Waals surface area (Å²) in [6.45, 7) is 9.64. The Hall–Kier alpha value is -0.160. The van der Waals surface area contributed by atoms with Crippen LogP contribution >= 0.6 is 0 Å². The molecule has 0 aromatic heterocycles. The van der Waals surface area contributed by atoms with Crippen LogP contribution in [0.5, 0.6) is 0 Å². The van der Waals surface area contributed by atoms with Crippen LogP contribution in [0.15, 0.2) is 0 Å². The van der Waals surface area contributed by atoms with Crippen molar-refractivity contribution in [2.24, 2.45) is 5.73 Å². The molecule has 2 unspecified atom stereocenters. The molecule has 0 saturated carbocycles. The number of nitrogens with zero attached hydrogens (tertiary/aromatic N) is 2. The Kier molecular flexibility index (Phi) is 5.23. The molecule has 2 N–H and O–H groups in total. The highest BCUT2D eigenvalue weighted by molar-refractivity contribution is 5.09. The van der Waals surface area contributed by atoms with Crippen LogP contribution in [-0.4, -0.2) is 67.3 Å². The van der Waals surface area contributed by atoms with Crippen LogP contribution in [0.4, 0.5) is 0 Å². The van der Waals surface area contributed by atoms with E-state index in [9.17, 15) is 0 Å². The lowest BCUT2D eigenvalue weighted by Crippen LogP contribution is -2.64.